The molecule has 0 spiro atoms. The van der Waals surface area contributed by atoms with E-state index in [0.717, 1.165) is 22.4 Å². The van der Waals surface area contributed by atoms with Crippen molar-refractivity contribution in [2.75, 3.05) is 23.9 Å². The highest BCUT2D eigenvalue weighted by atomic mass is 19.1. The first kappa shape index (κ1) is 25.6. The molecule has 1 amide bonds. The first-order chi connectivity index (χ1) is 18.3. The van der Waals surface area contributed by atoms with Crippen LogP contribution in [0.25, 0.3) is 11.1 Å². The Labute approximate surface area is 221 Å². The van der Waals surface area contributed by atoms with Crippen LogP contribution in [-0.4, -0.2) is 25.1 Å². The quantitative estimate of drug-likeness (QED) is 0.261. The second-order valence-corrected chi connectivity index (χ2v) is 9.94. The van der Waals surface area contributed by atoms with Gasteiger partial charge >= 0.3 is 0 Å². The predicted octanol–water partition coefficient (Wildman–Crippen LogP) is 6.92. The van der Waals surface area contributed by atoms with E-state index in [2.05, 4.69) is 41.3 Å². The number of halogens is 2. The van der Waals surface area contributed by atoms with E-state index in [4.69, 9.17) is 0 Å². The van der Waals surface area contributed by atoms with Crippen LogP contribution in [0.4, 0.5) is 20.2 Å². The summed E-state index contributed by atoms with van der Waals surface area (Å²) in [6.07, 6.45) is 0.0380. The lowest BCUT2D eigenvalue weighted by Crippen LogP contribution is -2.55. The molecule has 38 heavy (non-hydrogen) atoms. The van der Waals surface area contributed by atoms with Gasteiger partial charge in [0.05, 0.1) is 18.1 Å². The molecule has 1 unspecified atom stereocenters. The van der Waals surface area contributed by atoms with Gasteiger partial charge in [-0.3, -0.25) is 4.79 Å². The molecule has 4 aromatic rings. The zero-order valence-electron chi connectivity index (χ0n) is 21.4. The molecule has 4 nitrogen and oxygen atoms in total. The first-order valence-electron chi connectivity index (χ1n) is 12.7. The number of carbonyl (C=O) groups is 1. The number of rotatable bonds is 8. The molecule has 194 valence electrons. The second-order valence-electron chi connectivity index (χ2n) is 9.94. The topological polar surface area (TPSA) is 43.8 Å². The van der Waals surface area contributed by atoms with Gasteiger partial charge in [-0.05, 0) is 83.6 Å². The molecule has 0 bridgehead atoms. The van der Waals surface area contributed by atoms with E-state index in [1.165, 1.54) is 24.3 Å². The molecule has 4 aromatic carbocycles. The number of anilines is 2. The molecule has 0 saturated carbocycles. The van der Waals surface area contributed by atoms with Gasteiger partial charge in [0, 0.05) is 25.5 Å². The molecular formula is C32H30F2N2O2. The van der Waals surface area contributed by atoms with E-state index in [9.17, 15) is 18.7 Å². The van der Waals surface area contributed by atoms with Gasteiger partial charge in [-0.25, -0.2) is 8.78 Å². The lowest BCUT2D eigenvalue weighted by molar-refractivity contribution is -0.131. The number of benzene rings is 4. The number of carbonyl (C=O) groups excluding carboxylic acids is 1. The van der Waals surface area contributed by atoms with E-state index in [1.54, 1.807) is 29.2 Å². The van der Waals surface area contributed by atoms with Gasteiger partial charge in [0.15, 0.2) is 0 Å². The lowest BCUT2D eigenvalue weighted by atomic mass is 9.78. The molecule has 1 fully saturated rings. The van der Waals surface area contributed by atoms with Gasteiger partial charge in [0.1, 0.15) is 11.6 Å². The van der Waals surface area contributed by atoms with Crippen molar-refractivity contribution in [3.63, 3.8) is 0 Å². The Hall–Kier alpha value is -4.03. The number of β-lactam (4-membered cyclic amide) rings is 1. The molecule has 1 aliphatic heterocycles. The fraction of sp³-hybridized carbons (Fsp3) is 0.219. The predicted molar refractivity (Wildman–Crippen MR) is 147 cm³/mol. The van der Waals surface area contributed by atoms with Crippen LogP contribution >= 0.6 is 0 Å². The van der Waals surface area contributed by atoms with Crippen LogP contribution in [0, 0.1) is 17.6 Å². The van der Waals surface area contributed by atoms with Crippen LogP contribution < -0.4 is 9.80 Å². The molecular weight excluding hydrogens is 482 g/mol. The Morgan fingerprint density at radius 2 is 1.32 bits per heavy atom. The molecule has 1 saturated heterocycles. The number of nitrogens with zero attached hydrogens (tertiary/aromatic N) is 2. The van der Waals surface area contributed by atoms with E-state index >= 15 is 0 Å². The minimum atomic E-state index is -0.795. The van der Waals surface area contributed by atoms with E-state index in [1.807, 2.05) is 26.2 Å². The van der Waals surface area contributed by atoms with Crippen LogP contribution in [-0.2, 0) is 4.79 Å². The fourth-order valence-corrected chi connectivity index (χ4v) is 5.11. The van der Waals surface area contributed by atoms with Crippen molar-refractivity contribution in [2.45, 2.75) is 25.0 Å². The summed E-state index contributed by atoms with van der Waals surface area (Å²) >= 11 is 0. The third-order valence-corrected chi connectivity index (χ3v) is 7.29. The van der Waals surface area contributed by atoms with Crippen LogP contribution in [0.1, 0.15) is 36.1 Å². The van der Waals surface area contributed by atoms with Crippen LogP contribution in [0.15, 0.2) is 97.1 Å². The molecule has 1 N–H and O–H groups in total. The minimum Gasteiger partial charge on any atom is -0.388 e. The average molecular weight is 513 g/mol. The molecule has 0 aromatic heterocycles. The van der Waals surface area contributed by atoms with Crippen molar-refractivity contribution in [1.29, 1.82) is 0 Å². The summed E-state index contributed by atoms with van der Waals surface area (Å²) in [5, 5.41) is 10.7. The van der Waals surface area contributed by atoms with Gasteiger partial charge in [0.2, 0.25) is 5.91 Å². The standard InChI is InChI=1S/C32H30F2N2O2/c1-35(2)27-15-9-22(10-16-27)21-3-5-24(6-4-21)31-29(19-20-30(37)23-7-11-25(33)12-8-23)32(38)36(31)28-17-13-26(34)14-18-28/h3-18,29-31,37H,19-20H2,1-2H3/t29?,30-,31+/m0/s1. The molecule has 3 atom stereocenters. The number of amides is 1. The molecule has 1 heterocycles. The Morgan fingerprint density at radius 3 is 1.87 bits per heavy atom. The van der Waals surface area contributed by atoms with Gasteiger partial charge in [-0.15, -0.1) is 0 Å². The highest BCUT2D eigenvalue weighted by Gasteiger charge is 2.48. The summed E-state index contributed by atoms with van der Waals surface area (Å²) < 4.78 is 26.9. The molecule has 1 aliphatic rings. The molecule has 0 radical (unpaired) electrons. The maximum atomic E-state index is 13.6. The highest BCUT2D eigenvalue weighted by molar-refractivity contribution is 6.03. The summed E-state index contributed by atoms with van der Waals surface area (Å²) in [6, 6.07) is 28.0. The largest absolute Gasteiger partial charge is 0.388 e. The smallest absolute Gasteiger partial charge is 0.233 e. The van der Waals surface area contributed by atoms with Crippen LogP contribution in [0.5, 0.6) is 0 Å². The van der Waals surface area contributed by atoms with Crippen molar-refractivity contribution in [3.8, 4) is 11.1 Å². The molecule has 6 heteroatoms. The number of hydrogen-bond donors (Lipinski definition) is 1. The third kappa shape index (κ3) is 5.18. The van der Waals surface area contributed by atoms with Gasteiger partial charge < -0.3 is 14.9 Å². The van der Waals surface area contributed by atoms with Crippen LogP contribution in [0.3, 0.4) is 0 Å². The van der Waals surface area contributed by atoms with Crippen molar-refractivity contribution in [3.05, 3.63) is 120 Å². The Morgan fingerprint density at radius 1 is 0.789 bits per heavy atom. The number of hydrogen-bond acceptors (Lipinski definition) is 3. The molecule has 5 rings (SSSR count). The van der Waals surface area contributed by atoms with Crippen molar-refractivity contribution in [2.24, 2.45) is 5.92 Å². The third-order valence-electron chi connectivity index (χ3n) is 7.29. The van der Waals surface area contributed by atoms with Gasteiger partial charge in [0.25, 0.3) is 0 Å². The van der Waals surface area contributed by atoms with Gasteiger partial charge in [-0.1, -0.05) is 48.5 Å². The summed E-state index contributed by atoms with van der Waals surface area (Å²) in [7, 11) is 4.01. The Bertz CT molecular complexity index is 1390. The van der Waals surface area contributed by atoms with E-state index in [0.29, 0.717) is 24.1 Å². The SMILES string of the molecule is CN(C)c1ccc(-c2ccc([C@@H]3C(CC[C@H](O)c4ccc(F)cc4)C(=O)N3c3ccc(F)cc3)cc2)cc1. The normalized spacial score (nSPS) is 17.7. The molecule has 0 aliphatic carbocycles. The summed E-state index contributed by atoms with van der Waals surface area (Å²) in [6.45, 7) is 0. The van der Waals surface area contributed by atoms with E-state index in [-0.39, 0.29) is 29.5 Å². The fourth-order valence-electron chi connectivity index (χ4n) is 5.11. The summed E-state index contributed by atoms with van der Waals surface area (Å²) in [4.78, 5) is 17.1. The van der Waals surface area contributed by atoms with Gasteiger partial charge in [-0.2, -0.15) is 0 Å². The maximum absolute atomic E-state index is 13.6. The summed E-state index contributed by atoms with van der Waals surface area (Å²) in [5.41, 5.74) is 5.53. The highest BCUT2D eigenvalue weighted by Crippen LogP contribution is 2.46. The van der Waals surface area contributed by atoms with Crippen molar-refractivity contribution >= 4 is 17.3 Å². The zero-order valence-corrected chi connectivity index (χ0v) is 21.4. The second kappa shape index (κ2) is 10.8. The van der Waals surface area contributed by atoms with Crippen molar-refractivity contribution in [1.82, 2.24) is 0 Å². The minimum absolute atomic E-state index is 0.0590. The van der Waals surface area contributed by atoms with Crippen molar-refractivity contribution < 1.29 is 18.7 Å². The number of aliphatic hydroxyl groups excluding tert-OH is 1. The van der Waals surface area contributed by atoms with E-state index < -0.39 is 6.10 Å². The Balaban J connectivity index is 1.38. The lowest BCUT2D eigenvalue weighted by Gasteiger charge is -2.48. The zero-order chi connectivity index (χ0) is 26.8. The monoisotopic (exact) mass is 512 g/mol. The number of aliphatic hydroxyl groups is 1. The maximum Gasteiger partial charge on any atom is 0.233 e. The van der Waals surface area contributed by atoms with Crippen LogP contribution in [0.2, 0.25) is 0 Å². The first-order valence-corrected chi connectivity index (χ1v) is 12.7. The summed E-state index contributed by atoms with van der Waals surface area (Å²) in [5.74, 6) is -1.11. The Kier molecular flexibility index (Phi) is 7.25. The average Bonchev–Trinajstić information content (AvgIpc) is 2.93.